The van der Waals surface area contributed by atoms with E-state index in [0.29, 0.717) is 24.2 Å². The Kier molecular flexibility index (Phi) is 7.43. The largest absolute Gasteiger partial charge is 0.444 e. The van der Waals surface area contributed by atoms with E-state index in [-0.39, 0.29) is 18.2 Å². The molecule has 0 unspecified atom stereocenters. The van der Waals surface area contributed by atoms with Gasteiger partial charge in [0.05, 0.1) is 5.75 Å². The standard InChI is InChI=1S/C20H29N3O5S/c1-5-12-21-29(26,27)14-15-8-10-16(11-9-15)22-18(24)17-7-6-13-23(17)19(25)28-20(2,3)4/h5,8-11,17,21H,1,6-7,12-14H2,2-4H3,(H,22,24)/t17-/m0/s1. The quantitative estimate of drug-likeness (QED) is 0.656. The number of carbonyl (C=O) groups is 2. The number of hydrogen-bond acceptors (Lipinski definition) is 5. The molecule has 0 aromatic heterocycles. The molecule has 1 aromatic carbocycles. The van der Waals surface area contributed by atoms with Crippen molar-refractivity contribution in [3.05, 3.63) is 42.5 Å². The maximum absolute atomic E-state index is 12.7. The molecule has 1 atom stereocenters. The van der Waals surface area contributed by atoms with Gasteiger partial charge in [-0.2, -0.15) is 0 Å². The Morgan fingerprint density at radius 3 is 2.52 bits per heavy atom. The van der Waals surface area contributed by atoms with Gasteiger partial charge in [-0.3, -0.25) is 9.69 Å². The SMILES string of the molecule is C=CCNS(=O)(=O)Cc1ccc(NC(=O)[C@@H]2CCCN2C(=O)OC(C)(C)C)cc1. The molecule has 1 fully saturated rings. The summed E-state index contributed by atoms with van der Waals surface area (Å²) in [6.07, 6.45) is 2.27. The fraction of sp³-hybridized carbons (Fsp3) is 0.500. The second-order valence-electron chi connectivity index (χ2n) is 7.91. The summed E-state index contributed by atoms with van der Waals surface area (Å²) in [6, 6.07) is 5.98. The van der Waals surface area contributed by atoms with Crippen molar-refractivity contribution in [2.45, 2.75) is 51.0 Å². The molecule has 160 valence electrons. The summed E-state index contributed by atoms with van der Waals surface area (Å²) in [5.41, 5.74) is 0.499. The zero-order valence-corrected chi connectivity index (χ0v) is 17.9. The number of nitrogens with one attached hydrogen (secondary N) is 2. The van der Waals surface area contributed by atoms with Crippen LogP contribution in [-0.4, -0.2) is 50.1 Å². The lowest BCUT2D eigenvalue weighted by molar-refractivity contribution is -0.120. The van der Waals surface area contributed by atoms with E-state index in [1.165, 1.54) is 11.0 Å². The number of ether oxygens (including phenoxy) is 1. The summed E-state index contributed by atoms with van der Waals surface area (Å²) in [5, 5.41) is 2.79. The minimum absolute atomic E-state index is 0.163. The Bertz CT molecular complexity index is 844. The monoisotopic (exact) mass is 423 g/mol. The molecular weight excluding hydrogens is 394 g/mol. The second kappa shape index (κ2) is 9.41. The third kappa shape index (κ3) is 7.17. The molecule has 29 heavy (non-hydrogen) atoms. The van der Waals surface area contributed by atoms with Gasteiger partial charge < -0.3 is 10.1 Å². The molecule has 0 saturated carbocycles. The number of sulfonamides is 1. The van der Waals surface area contributed by atoms with Crippen molar-refractivity contribution in [3.63, 3.8) is 0 Å². The predicted molar refractivity (Wildman–Crippen MR) is 112 cm³/mol. The van der Waals surface area contributed by atoms with Gasteiger partial charge in [0.25, 0.3) is 0 Å². The highest BCUT2D eigenvalue weighted by molar-refractivity contribution is 7.88. The van der Waals surface area contributed by atoms with E-state index in [0.717, 1.165) is 6.42 Å². The maximum atomic E-state index is 12.7. The Balaban J connectivity index is 1.98. The number of amides is 2. The van der Waals surface area contributed by atoms with Crippen LogP contribution in [0.4, 0.5) is 10.5 Å². The van der Waals surface area contributed by atoms with Crippen molar-refractivity contribution in [2.75, 3.05) is 18.4 Å². The van der Waals surface area contributed by atoms with E-state index in [2.05, 4.69) is 16.6 Å². The average molecular weight is 424 g/mol. The van der Waals surface area contributed by atoms with Crippen molar-refractivity contribution < 1.29 is 22.7 Å². The van der Waals surface area contributed by atoms with Gasteiger partial charge in [-0.05, 0) is 51.3 Å². The lowest BCUT2D eigenvalue weighted by atomic mass is 10.2. The number of nitrogens with zero attached hydrogens (tertiary/aromatic N) is 1. The van der Waals surface area contributed by atoms with Crippen LogP contribution in [-0.2, 0) is 25.3 Å². The summed E-state index contributed by atoms with van der Waals surface area (Å²) >= 11 is 0. The third-order valence-corrected chi connectivity index (χ3v) is 5.53. The second-order valence-corrected chi connectivity index (χ2v) is 9.72. The number of carbonyl (C=O) groups excluding carboxylic acids is 2. The summed E-state index contributed by atoms with van der Waals surface area (Å²) < 4.78 is 31.6. The maximum Gasteiger partial charge on any atom is 0.410 e. The summed E-state index contributed by atoms with van der Waals surface area (Å²) in [4.78, 5) is 26.4. The molecule has 0 spiro atoms. The molecular formula is C20H29N3O5S. The van der Waals surface area contributed by atoms with Crippen molar-refractivity contribution in [1.82, 2.24) is 9.62 Å². The van der Waals surface area contributed by atoms with Gasteiger partial charge in [0.1, 0.15) is 11.6 Å². The topological polar surface area (TPSA) is 105 Å². The highest BCUT2D eigenvalue weighted by atomic mass is 32.2. The van der Waals surface area contributed by atoms with E-state index in [9.17, 15) is 18.0 Å². The Morgan fingerprint density at radius 1 is 1.28 bits per heavy atom. The molecule has 1 aromatic rings. The molecule has 2 rings (SSSR count). The van der Waals surface area contributed by atoms with E-state index < -0.39 is 27.8 Å². The van der Waals surface area contributed by atoms with Crippen LogP contribution in [0.3, 0.4) is 0 Å². The predicted octanol–water partition coefficient (Wildman–Crippen LogP) is 2.63. The zero-order chi connectivity index (χ0) is 21.7. The fourth-order valence-corrected chi connectivity index (χ4v) is 4.05. The lowest BCUT2D eigenvalue weighted by Crippen LogP contribution is -2.45. The number of likely N-dealkylation sites (tertiary alicyclic amines) is 1. The van der Waals surface area contributed by atoms with Crippen LogP contribution in [0.2, 0.25) is 0 Å². The van der Waals surface area contributed by atoms with Crippen LogP contribution >= 0.6 is 0 Å². The normalized spacial score (nSPS) is 17.1. The first-order valence-electron chi connectivity index (χ1n) is 9.48. The van der Waals surface area contributed by atoms with Gasteiger partial charge in [0.2, 0.25) is 15.9 Å². The van der Waals surface area contributed by atoms with Gasteiger partial charge in [-0.15, -0.1) is 6.58 Å². The average Bonchev–Trinajstić information content (AvgIpc) is 3.10. The number of anilines is 1. The molecule has 0 bridgehead atoms. The first kappa shape index (κ1) is 22.9. The first-order valence-corrected chi connectivity index (χ1v) is 11.1. The van der Waals surface area contributed by atoms with Crippen molar-refractivity contribution >= 4 is 27.7 Å². The molecule has 1 saturated heterocycles. The van der Waals surface area contributed by atoms with Crippen LogP contribution < -0.4 is 10.0 Å². The van der Waals surface area contributed by atoms with Gasteiger partial charge in [0, 0.05) is 18.8 Å². The summed E-state index contributed by atoms with van der Waals surface area (Å²) in [6.45, 7) is 9.47. The Labute approximate surface area is 172 Å². The van der Waals surface area contributed by atoms with E-state index >= 15 is 0 Å². The van der Waals surface area contributed by atoms with Gasteiger partial charge >= 0.3 is 6.09 Å². The molecule has 1 heterocycles. The fourth-order valence-electron chi connectivity index (χ4n) is 2.94. The van der Waals surface area contributed by atoms with Crippen LogP contribution in [0.25, 0.3) is 0 Å². The highest BCUT2D eigenvalue weighted by Gasteiger charge is 2.36. The van der Waals surface area contributed by atoms with E-state index in [1.54, 1.807) is 45.0 Å². The molecule has 0 radical (unpaired) electrons. The number of rotatable bonds is 7. The molecule has 1 aliphatic rings. The lowest BCUT2D eigenvalue weighted by Gasteiger charge is -2.28. The van der Waals surface area contributed by atoms with Gasteiger partial charge in [0.15, 0.2) is 0 Å². The van der Waals surface area contributed by atoms with Gasteiger partial charge in [-0.25, -0.2) is 17.9 Å². The number of hydrogen-bond donors (Lipinski definition) is 2. The molecule has 1 aliphatic heterocycles. The molecule has 2 N–H and O–H groups in total. The zero-order valence-electron chi connectivity index (χ0n) is 17.1. The Morgan fingerprint density at radius 2 is 1.93 bits per heavy atom. The minimum Gasteiger partial charge on any atom is -0.444 e. The Hall–Kier alpha value is -2.39. The first-order chi connectivity index (χ1) is 13.5. The molecule has 0 aliphatic carbocycles. The summed E-state index contributed by atoms with van der Waals surface area (Å²) in [5.74, 6) is -0.453. The smallest absolute Gasteiger partial charge is 0.410 e. The van der Waals surface area contributed by atoms with Crippen molar-refractivity contribution in [1.29, 1.82) is 0 Å². The van der Waals surface area contributed by atoms with Crippen LogP contribution in [0.15, 0.2) is 36.9 Å². The van der Waals surface area contributed by atoms with Crippen LogP contribution in [0.1, 0.15) is 39.2 Å². The number of benzene rings is 1. The third-order valence-electron chi connectivity index (χ3n) is 4.21. The highest BCUT2D eigenvalue weighted by Crippen LogP contribution is 2.22. The van der Waals surface area contributed by atoms with E-state index in [1.807, 2.05) is 0 Å². The summed E-state index contributed by atoms with van der Waals surface area (Å²) in [7, 11) is -3.44. The van der Waals surface area contributed by atoms with E-state index in [4.69, 9.17) is 4.74 Å². The molecule has 8 nitrogen and oxygen atoms in total. The van der Waals surface area contributed by atoms with Crippen molar-refractivity contribution in [3.8, 4) is 0 Å². The molecule has 9 heteroatoms. The molecule has 2 amide bonds. The van der Waals surface area contributed by atoms with Crippen LogP contribution in [0, 0.1) is 0 Å². The minimum atomic E-state index is -3.44. The van der Waals surface area contributed by atoms with Crippen molar-refractivity contribution in [2.24, 2.45) is 0 Å². The van der Waals surface area contributed by atoms with Crippen LogP contribution in [0.5, 0.6) is 0 Å². The van der Waals surface area contributed by atoms with Gasteiger partial charge in [-0.1, -0.05) is 18.2 Å².